The first kappa shape index (κ1) is 31.5. The zero-order chi connectivity index (χ0) is 29.4. The molecule has 3 rings (SSSR count). The van der Waals surface area contributed by atoms with Gasteiger partial charge in [-0.25, -0.2) is 8.42 Å². The van der Waals surface area contributed by atoms with E-state index in [0.29, 0.717) is 33.4 Å². The van der Waals surface area contributed by atoms with Crippen LogP contribution in [-0.4, -0.2) is 50.5 Å². The average molecular weight is 605 g/mol. The Bertz CT molecular complexity index is 1430. The topological polar surface area (TPSA) is 86.8 Å². The summed E-state index contributed by atoms with van der Waals surface area (Å²) in [6.45, 7) is 5.63. The third kappa shape index (κ3) is 8.71. The number of benzene rings is 3. The minimum Gasteiger partial charge on any atom is -0.354 e. The number of nitrogens with one attached hydrogen (secondary N) is 1. The highest BCUT2D eigenvalue weighted by molar-refractivity contribution is 7.92. The number of halogens is 2. The molecule has 1 N–H and O–H groups in total. The lowest BCUT2D eigenvalue weighted by molar-refractivity contribution is -0.140. The maximum atomic E-state index is 14.1. The molecule has 0 aliphatic rings. The molecular formula is C30H35Cl2N3O4S. The SMILES string of the molecule is Cc1ccc(Cl)cc1N(CC(=O)N(Cc1ccccc1Cl)[C@H](Cc1ccccc1)C(=O)NCC(C)C)S(C)(=O)=O. The number of rotatable bonds is 12. The standard InChI is InChI=1S/C30H35Cl2N3O4S/c1-21(2)18-33-30(37)28(16-23-10-6-5-7-11-23)34(19-24-12-8-9-13-26(24)32)29(36)20-35(40(4,38)39)27-17-25(31)15-14-22(27)3/h5-15,17,21,28H,16,18-20H2,1-4H3,(H,33,37)/t28-/m1/s1. The average Bonchev–Trinajstić information content (AvgIpc) is 2.90. The Labute approximate surface area is 247 Å². The van der Waals surface area contributed by atoms with Gasteiger partial charge in [0, 0.05) is 29.6 Å². The van der Waals surface area contributed by atoms with E-state index in [4.69, 9.17) is 23.2 Å². The smallest absolute Gasteiger partial charge is 0.244 e. The Balaban J connectivity index is 2.08. The molecule has 3 aromatic rings. The molecule has 7 nitrogen and oxygen atoms in total. The van der Waals surface area contributed by atoms with Gasteiger partial charge in [-0.1, -0.05) is 91.6 Å². The van der Waals surface area contributed by atoms with Gasteiger partial charge in [0.25, 0.3) is 0 Å². The van der Waals surface area contributed by atoms with Crippen molar-refractivity contribution in [2.24, 2.45) is 5.92 Å². The largest absolute Gasteiger partial charge is 0.354 e. The number of aryl methyl sites for hydroxylation is 1. The van der Waals surface area contributed by atoms with Gasteiger partial charge in [0.15, 0.2) is 0 Å². The quantitative estimate of drug-likeness (QED) is 0.297. The Morgan fingerprint density at radius 2 is 1.60 bits per heavy atom. The highest BCUT2D eigenvalue weighted by atomic mass is 35.5. The molecule has 0 aromatic heterocycles. The Kier molecular flexibility index (Phi) is 11.0. The van der Waals surface area contributed by atoms with Gasteiger partial charge in [-0.2, -0.15) is 0 Å². The van der Waals surface area contributed by atoms with Gasteiger partial charge in [0.1, 0.15) is 12.6 Å². The maximum absolute atomic E-state index is 14.1. The number of amides is 2. The van der Waals surface area contributed by atoms with Crippen molar-refractivity contribution in [2.45, 2.75) is 39.8 Å². The molecule has 0 unspecified atom stereocenters. The van der Waals surface area contributed by atoms with Crippen molar-refractivity contribution >= 4 is 50.7 Å². The summed E-state index contributed by atoms with van der Waals surface area (Å²) >= 11 is 12.7. The summed E-state index contributed by atoms with van der Waals surface area (Å²) in [5.41, 5.74) is 2.42. The van der Waals surface area contributed by atoms with Gasteiger partial charge in [-0.15, -0.1) is 0 Å². The van der Waals surface area contributed by atoms with Gasteiger partial charge in [-0.05, 0) is 47.7 Å². The highest BCUT2D eigenvalue weighted by Gasteiger charge is 2.33. The van der Waals surface area contributed by atoms with Crippen LogP contribution < -0.4 is 9.62 Å². The molecule has 3 aromatic carbocycles. The van der Waals surface area contributed by atoms with Crippen molar-refractivity contribution in [2.75, 3.05) is 23.7 Å². The summed E-state index contributed by atoms with van der Waals surface area (Å²) in [5.74, 6) is -0.686. The lowest BCUT2D eigenvalue weighted by Gasteiger charge is -2.34. The third-order valence-electron chi connectivity index (χ3n) is 6.37. The number of hydrogen-bond donors (Lipinski definition) is 1. The first-order valence-corrected chi connectivity index (χ1v) is 15.6. The van der Waals surface area contributed by atoms with Crippen molar-refractivity contribution in [1.29, 1.82) is 0 Å². The van der Waals surface area contributed by atoms with E-state index < -0.39 is 28.5 Å². The summed E-state index contributed by atoms with van der Waals surface area (Å²) in [6.07, 6.45) is 1.27. The number of sulfonamides is 1. The number of carbonyl (C=O) groups is 2. The van der Waals surface area contributed by atoms with E-state index in [1.165, 1.54) is 11.0 Å². The molecule has 0 saturated carbocycles. The molecule has 0 aliphatic carbocycles. The van der Waals surface area contributed by atoms with Crippen LogP contribution in [0, 0.1) is 12.8 Å². The lowest BCUT2D eigenvalue weighted by Crippen LogP contribution is -2.53. The normalized spacial score (nSPS) is 12.2. The number of hydrogen-bond acceptors (Lipinski definition) is 4. The second kappa shape index (κ2) is 14.0. The zero-order valence-corrected chi connectivity index (χ0v) is 25.4. The van der Waals surface area contributed by atoms with Crippen LogP contribution in [-0.2, 0) is 32.6 Å². The molecule has 40 heavy (non-hydrogen) atoms. The number of carbonyl (C=O) groups excluding carboxylic acids is 2. The van der Waals surface area contributed by atoms with Crippen LogP contribution in [0.2, 0.25) is 10.0 Å². The van der Waals surface area contributed by atoms with E-state index in [1.54, 1.807) is 43.3 Å². The van der Waals surface area contributed by atoms with Gasteiger partial charge in [0.05, 0.1) is 11.9 Å². The Morgan fingerprint density at radius 1 is 0.950 bits per heavy atom. The van der Waals surface area contributed by atoms with E-state index in [9.17, 15) is 18.0 Å². The van der Waals surface area contributed by atoms with Crippen molar-refractivity contribution in [3.63, 3.8) is 0 Å². The van der Waals surface area contributed by atoms with Crippen LogP contribution in [0.25, 0.3) is 0 Å². The van der Waals surface area contributed by atoms with E-state index in [2.05, 4.69) is 5.32 Å². The Morgan fingerprint density at radius 3 is 2.23 bits per heavy atom. The molecule has 0 bridgehead atoms. The van der Waals surface area contributed by atoms with Crippen LogP contribution in [0.5, 0.6) is 0 Å². The fourth-order valence-electron chi connectivity index (χ4n) is 4.23. The molecule has 0 fully saturated rings. The van der Waals surface area contributed by atoms with Crippen LogP contribution in [0.15, 0.2) is 72.8 Å². The number of nitrogens with zero attached hydrogens (tertiary/aromatic N) is 2. The summed E-state index contributed by atoms with van der Waals surface area (Å²) in [4.78, 5) is 29.2. The molecule has 0 aliphatic heterocycles. The highest BCUT2D eigenvalue weighted by Crippen LogP contribution is 2.27. The van der Waals surface area contributed by atoms with Gasteiger partial charge >= 0.3 is 0 Å². The second-order valence-electron chi connectivity index (χ2n) is 10.2. The van der Waals surface area contributed by atoms with Gasteiger partial charge < -0.3 is 10.2 Å². The molecule has 214 valence electrons. The van der Waals surface area contributed by atoms with Crippen molar-refractivity contribution in [3.8, 4) is 0 Å². The summed E-state index contributed by atoms with van der Waals surface area (Å²) in [6, 6.07) is 20.4. The second-order valence-corrected chi connectivity index (χ2v) is 12.9. The first-order valence-electron chi connectivity index (χ1n) is 12.9. The summed E-state index contributed by atoms with van der Waals surface area (Å²) < 4.78 is 26.9. The molecule has 1 atom stereocenters. The minimum atomic E-state index is -3.89. The number of anilines is 1. The fourth-order valence-corrected chi connectivity index (χ4v) is 5.49. The van der Waals surface area contributed by atoms with Crippen LogP contribution in [0.4, 0.5) is 5.69 Å². The van der Waals surface area contributed by atoms with Crippen molar-refractivity contribution in [3.05, 3.63) is 99.5 Å². The maximum Gasteiger partial charge on any atom is 0.244 e. The molecule has 10 heteroatoms. The zero-order valence-electron chi connectivity index (χ0n) is 23.1. The molecule has 0 spiro atoms. The van der Waals surface area contributed by atoms with Crippen LogP contribution in [0.3, 0.4) is 0 Å². The minimum absolute atomic E-state index is 0.0111. The predicted molar refractivity (Wildman–Crippen MR) is 162 cm³/mol. The summed E-state index contributed by atoms with van der Waals surface area (Å²) in [7, 11) is -3.89. The van der Waals surface area contributed by atoms with E-state index >= 15 is 0 Å². The molecule has 0 saturated heterocycles. The van der Waals surface area contributed by atoms with Crippen molar-refractivity contribution in [1.82, 2.24) is 10.2 Å². The lowest BCUT2D eigenvalue weighted by atomic mass is 10.0. The molecule has 0 heterocycles. The molecular weight excluding hydrogens is 569 g/mol. The van der Waals surface area contributed by atoms with E-state index in [1.807, 2.05) is 44.2 Å². The first-order chi connectivity index (χ1) is 18.9. The predicted octanol–water partition coefficient (Wildman–Crippen LogP) is 5.48. The molecule has 2 amide bonds. The Hall–Kier alpha value is -3.07. The van der Waals surface area contributed by atoms with E-state index in [-0.39, 0.29) is 24.8 Å². The van der Waals surface area contributed by atoms with Gasteiger partial charge in [-0.3, -0.25) is 13.9 Å². The third-order valence-corrected chi connectivity index (χ3v) is 8.10. The van der Waals surface area contributed by atoms with Crippen LogP contribution >= 0.6 is 23.2 Å². The van der Waals surface area contributed by atoms with Gasteiger partial charge in [0.2, 0.25) is 21.8 Å². The monoisotopic (exact) mass is 603 g/mol. The summed E-state index contributed by atoms with van der Waals surface area (Å²) in [5, 5.41) is 3.73. The van der Waals surface area contributed by atoms with Crippen LogP contribution in [0.1, 0.15) is 30.5 Å². The van der Waals surface area contributed by atoms with E-state index in [0.717, 1.165) is 16.1 Å². The fraction of sp³-hybridized carbons (Fsp3) is 0.333. The van der Waals surface area contributed by atoms with Crippen molar-refractivity contribution < 1.29 is 18.0 Å². The molecule has 0 radical (unpaired) electrons.